The van der Waals surface area contributed by atoms with E-state index in [0.29, 0.717) is 23.1 Å². The van der Waals surface area contributed by atoms with Crippen LogP contribution in [0.25, 0.3) is 44.3 Å². The van der Waals surface area contributed by atoms with Crippen LogP contribution in [-0.4, -0.2) is 62.8 Å². The zero-order chi connectivity index (χ0) is 23.9. The van der Waals surface area contributed by atoms with E-state index in [1.54, 1.807) is 18.6 Å². The highest BCUT2D eigenvalue weighted by Crippen LogP contribution is 2.37. The third kappa shape index (κ3) is 3.72. The number of nitrogens with one attached hydrogen (secondary N) is 1. The van der Waals surface area contributed by atoms with Crippen LogP contribution >= 0.6 is 0 Å². The van der Waals surface area contributed by atoms with Gasteiger partial charge >= 0.3 is 0 Å². The lowest BCUT2D eigenvalue weighted by Crippen LogP contribution is -2.46. The van der Waals surface area contributed by atoms with E-state index in [2.05, 4.69) is 31.9 Å². The molecule has 174 valence electrons. The predicted octanol–water partition coefficient (Wildman–Crippen LogP) is 4.42. The molecule has 0 bridgehead atoms. The van der Waals surface area contributed by atoms with Crippen molar-refractivity contribution in [2.75, 3.05) is 26.7 Å². The molecule has 1 aliphatic rings. The van der Waals surface area contributed by atoms with Gasteiger partial charge in [-0.25, -0.2) is 9.37 Å². The first-order valence-corrected chi connectivity index (χ1v) is 11.5. The minimum Gasteiger partial charge on any atom is -0.338 e. The van der Waals surface area contributed by atoms with E-state index in [9.17, 15) is 4.79 Å². The molecule has 0 aliphatic carbocycles. The topological polar surface area (TPSA) is 78.0 Å². The van der Waals surface area contributed by atoms with Gasteiger partial charge in [0.1, 0.15) is 11.5 Å². The maximum atomic E-state index is 15.3. The highest BCUT2D eigenvalue weighted by atomic mass is 19.1. The molecule has 1 unspecified atom stereocenters. The van der Waals surface area contributed by atoms with E-state index < -0.39 is 5.82 Å². The number of hydrogen-bond acceptors (Lipinski definition) is 5. The van der Waals surface area contributed by atoms with Gasteiger partial charge in [-0.15, -0.1) is 0 Å². The van der Waals surface area contributed by atoms with Gasteiger partial charge in [0.15, 0.2) is 0 Å². The molecule has 6 rings (SSSR count). The molecule has 1 fully saturated rings. The molecule has 35 heavy (non-hydrogen) atoms. The van der Waals surface area contributed by atoms with Crippen LogP contribution in [0, 0.1) is 5.82 Å². The van der Waals surface area contributed by atoms with Crippen molar-refractivity contribution in [3.05, 3.63) is 78.6 Å². The number of piperazine rings is 1. The molecule has 0 saturated carbocycles. The number of amides is 1. The number of carbonyl (C=O) groups is 1. The summed E-state index contributed by atoms with van der Waals surface area (Å²) in [7, 11) is 2.05. The van der Waals surface area contributed by atoms with E-state index in [4.69, 9.17) is 0 Å². The second-order valence-corrected chi connectivity index (χ2v) is 8.93. The fraction of sp³-hybridized carbons (Fsp3) is 0.185. The summed E-state index contributed by atoms with van der Waals surface area (Å²) in [5.74, 6) is -0.391. The summed E-state index contributed by atoms with van der Waals surface area (Å²) < 4.78 is 15.3. The van der Waals surface area contributed by atoms with Gasteiger partial charge < -0.3 is 14.8 Å². The van der Waals surface area contributed by atoms with Gasteiger partial charge in [-0.2, -0.15) is 0 Å². The Labute approximate surface area is 201 Å². The number of halogens is 1. The molecule has 8 heteroatoms. The fourth-order valence-electron chi connectivity index (χ4n) is 4.92. The summed E-state index contributed by atoms with van der Waals surface area (Å²) in [6.45, 7) is 2.30. The third-order valence-electron chi connectivity index (χ3n) is 6.76. The zero-order valence-electron chi connectivity index (χ0n) is 19.1. The Kier molecular flexibility index (Phi) is 5.22. The number of aromatic nitrogens is 4. The molecule has 5 heterocycles. The first-order valence-electron chi connectivity index (χ1n) is 11.5. The van der Waals surface area contributed by atoms with Gasteiger partial charge in [-0.1, -0.05) is 24.3 Å². The summed E-state index contributed by atoms with van der Waals surface area (Å²) in [5.41, 5.74) is 5.30. The van der Waals surface area contributed by atoms with Crippen LogP contribution in [0.2, 0.25) is 0 Å². The van der Waals surface area contributed by atoms with Crippen LogP contribution < -0.4 is 0 Å². The van der Waals surface area contributed by atoms with Gasteiger partial charge in [0.25, 0.3) is 0 Å². The summed E-state index contributed by atoms with van der Waals surface area (Å²) in [4.78, 5) is 31.9. The number of fused-ring (bicyclic) bond motifs is 3. The quantitative estimate of drug-likeness (QED) is 0.397. The zero-order valence-corrected chi connectivity index (χ0v) is 19.1. The highest BCUT2D eigenvalue weighted by molar-refractivity contribution is 6.13. The molecule has 0 spiro atoms. The number of rotatable bonds is 4. The maximum Gasteiger partial charge on any atom is 0.210 e. The monoisotopic (exact) mass is 466 g/mol. The van der Waals surface area contributed by atoms with Gasteiger partial charge in [-0.05, 0) is 36.4 Å². The summed E-state index contributed by atoms with van der Waals surface area (Å²) in [5, 5.41) is 1.56. The van der Waals surface area contributed by atoms with Crippen molar-refractivity contribution in [3.8, 4) is 22.4 Å². The molecule has 1 saturated heterocycles. The van der Waals surface area contributed by atoms with Crippen LogP contribution in [0.15, 0.2) is 67.3 Å². The van der Waals surface area contributed by atoms with Crippen LogP contribution in [0.1, 0.15) is 11.6 Å². The molecule has 1 aromatic carbocycles. The molecule has 7 nitrogen and oxygen atoms in total. The molecule has 5 aromatic rings. The minimum absolute atomic E-state index is 0.0243. The lowest BCUT2D eigenvalue weighted by molar-refractivity contribution is -0.122. The number of nitrogens with zero attached hydrogens (tertiary/aromatic N) is 5. The van der Waals surface area contributed by atoms with Crippen molar-refractivity contribution in [1.29, 1.82) is 0 Å². The molecular formula is C27H23FN6O. The fourth-order valence-corrected chi connectivity index (χ4v) is 4.92. The van der Waals surface area contributed by atoms with Gasteiger partial charge in [-0.3, -0.25) is 14.8 Å². The lowest BCUT2D eigenvalue weighted by Gasteiger charge is -2.38. The number of hydrogen-bond donors (Lipinski definition) is 1. The van der Waals surface area contributed by atoms with Gasteiger partial charge in [0.05, 0.1) is 29.6 Å². The Morgan fingerprint density at radius 3 is 2.69 bits per heavy atom. The summed E-state index contributed by atoms with van der Waals surface area (Å²) >= 11 is 0. The van der Waals surface area contributed by atoms with Gasteiger partial charge in [0, 0.05) is 53.9 Å². The number of H-pyrrole nitrogens is 1. The molecule has 1 atom stereocenters. The van der Waals surface area contributed by atoms with Crippen LogP contribution in [-0.2, 0) is 4.79 Å². The first-order chi connectivity index (χ1) is 17.1. The molecule has 1 N–H and O–H groups in total. The van der Waals surface area contributed by atoms with E-state index in [1.165, 1.54) is 6.20 Å². The Morgan fingerprint density at radius 1 is 1.06 bits per heavy atom. The van der Waals surface area contributed by atoms with Crippen LogP contribution in [0.3, 0.4) is 0 Å². The smallest absolute Gasteiger partial charge is 0.210 e. The number of carbonyl (C=O) groups excluding carboxylic acids is 1. The number of pyridine rings is 3. The SMILES string of the molecule is CN1CCN(C=O)C(c2ccc(-c3c(F)cnc4[nH]c5cnc(-c6cccnc6)cc5c34)cc2)C1. The van der Waals surface area contributed by atoms with Crippen molar-refractivity contribution >= 4 is 28.3 Å². The van der Waals surface area contributed by atoms with E-state index >= 15 is 4.39 Å². The van der Waals surface area contributed by atoms with E-state index in [1.807, 2.05) is 47.4 Å². The number of aromatic amines is 1. The summed E-state index contributed by atoms with van der Waals surface area (Å²) in [6.07, 6.45) is 7.39. The average Bonchev–Trinajstić information content (AvgIpc) is 3.27. The van der Waals surface area contributed by atoms with Crippen molar-refractivity contribution in [1.82, 2.24) is 29.7 Å². The minimum atomic E-state index is -0.391. The number of likely N-dealkylation sites (N-methyl/N-ethyl adjacent to an activating group) is 1. The first kappa shape index (κ1) is 21.4. The second kappa shape index (κ2) is 8.56. The van der Waals surface area contributed by atoms with Crippen molar-refractivity contribution in [2.45, 2.75) is 6.04 Å². The predicted molar refractivity (Wildman–Crippen MR) is 133 cm³/mol. The molecular weight excluding hydrogens is 443 g/mol. The molecule has 4 aromatic heterocycles. The Bertz CT molecular complexity index is 1530. The lowest BCUT2D eigenvalue weighted by atomic mass is 9.96. The number of benzene rings is 1. The summed E-state index contributed by atoms with van der Waals surface area (Å²) in [6, 6.07) is 13.5. The van der Waals surface area contributed by atoms with Crippen LogP contribution in [0.4, 0.5) is 4.39 Å². The highest BCUT2D eigenvalue weighted by Gasteiger charge is 2.26. The third-order valence-corrected chi connectivity index (χ3v) is 6.76. The standard InChI is InChI=1S/C27H23FN6O/c1-33-9-10-34(16-35)24(15-33)17-4-6-18(7-5-17)25-21(28)13-31-27-26(25)20-11-22(30-14-23(20)32-27)19-3-2-8-29-12-19/h2-8,11-14,16,24H,9-10,15H2,1H3,(H,31,32). The van der Waals surface area contributed by atoms with Crippen molar-refractivity contribution in [3.63, 3.8) is 0 Å². The average molecular weight is 467 g/mol. The Hall–Kier alpha value is -4.17. The van der Waals surface area contributed by atoms with Crippen molar-refractivity contribution < 1.29 is 9.18 Å². The molecule has 1 aliphatic heterocycles. The maximum absolute atomic E-state index is 15.3. The Balaban J connectivity index is 1.47. The van der Waals surface area contributed by atoms with E-state index in [-0.39, 0.29) is 6.04 Å². The van der Waals surface area contributed by atoms with E-state index in [0.717, 1.165) is 52.8 Å². The molecule has 0 radical (unpaired) electrons. The van der Waals surface area contributed by atoms with Crippen LogP contribution in [0.5, 0.6) is 0 Å². The van der Waals surface area contributed by atoms with Gasteiger partial charge in [0.2, 0.25) is 6.41 Å². The Morgan fingerprint density at radius 2 is 1.91 bits per heavy atom. The normalized spacial score (nSPS) is 16.7. The second-order valence-electron chi connectivity index (χ2n) is 8.93. The van der Waals surface area contributed by atoms with Crippen molar-refractivity contribution in [2.24, 2.45) is 0 Å². The largest absolute Gasteiger partial charge is 0.338 e. The molecule has 1 amide bonds.